The highest BCUT2D eigenvalue weighted by Crippen LogP contribution is 2.16. The van der Waals surface area contributed by atoms with E-state index in [0.29, 0.717) is 19.6 Å². The monoisotopic (exact) mass is 280 g/mol. The minimum absolute atomic E-state index is 0.251. The fraction of sp³-hybridized carbons (Fsp3) is 0.643. The van der Waals surface area contributed by atoms with Gasteiger partial charge in [-0.25, -0.2) is 4.79 Å². The molecule has 1 aliphatic rings. The summed E-state index contributed by atoms with van der Waals surface area (Å²) in [6, 6.07) is 0. The second-order valence-corrected chi connectivity index (χ2v) is 4.95. The molecule has 0 aliphatic heterocycles. The Morgan fingerprint density at radius 2 is 2.05 bits per heavy atom. The van der Waals surface area contributed by atoms with E-state index < -0.39 is 0 Å². The zero-order valence-electron chi connectivity index (χ0n) is 11.7. The summed E-state index contributed by atoms with van der Waals surface area (Å²) >= 11 is 0. The van der Waals surface area contributed by atoms with Crippen molar-refractivity contribution in [2.24, 2.45) is 0 Å². The highest BCUT2D eigenvalue weighted by Gasteiger charge is 2.18. The maximum atomic E-state index is 11.9. The molecule has 1 N–H and O–H groups in total. The van der Waals surface area contributed by atoms with E-state index in [-0.39, 0.29) is 23.6 Å². The summed E-state index contributed by atoms with van der Waals surface area (Å²) in [5.74, 6) is -0.251. The third-order valence-electron chi connectivity index (χ3n) is 3.57. The van der Waals surface area contributed by atoms with Crippen LogP contribution in [0.15, 0.2) is 9.59 Å². The van der Waals surface area contributed by atoms with Gasteiger partial charge in [0.05, 0.1) is 6.61 Å². The molecule has 0 radical (unpaired) electrons. The number of fused-ring (bicyclic) bond motifs is 1. The first-order chi connectivity index (χ1) is 9.63. The van der Waals surface area contributed by atoms with Crippen molar-refractivity contribution in [3.63, 3.8) is 0 Å². The number of carbonyl (C=O) groups is 1. The molecule has 0 saturated heterocycles. The van der Waals surface area contributed by atoms with E-state index in [1.807, 2.05) is 0 Å². The van der Waals surface area contributed by atoms with Gasteiger partial charge in [-0.05, 0) is 39.0 Å². The first kappa shape index (κ1) is 14.6. The zero-order valence-corrected chi connectivity index (χ0v) is 11.7. The predicted molar refractivity (Wildman–Crippen MR) is 73.8 cm³/mol. The molecule has 0 amide bonds. The summed E-state index contributed by atoms with van der Waals surface area (Å²) in [6.45, 7) is 2.57. The predicted octanol–water partition coefficient (Wildman–Crippen LogP) is 0.759. The SMILES string of the molecule is CCOC(=O)CCCn1c2c(c(=O)[nH]c1=O)CCCC2. The highest BCUT2D eigenvalue weighted by atomic mass is 16.5. The van der Waals surface area contributed by atoms with E-state index in [1.165, 1.54) is 0 Å². The van der Waals surface area contributed by atoms with Gasteiger partial charge in [-0.15, -0.1) is 0 Å². The average molecular weight is 280 g/mol. The lowest BCUT2D eigenvalue weighted by Crippen LogP contribution is -2.37. The Labute approximate surface area is 116 Å². The lowest BCUT2D eigenvalue weighted by Gasteiger charge is -2.19. The van der Waals surface area contributed by atoms with Crippen LogP contribution in [0.25, 0.3) is 0 Å². The summed E-state index contributed by atoms with van der Waals surface area (Å²) in [7, 11) is 0. The van der Waals surface area contributed by atoms with Gasteiger partial charge >= 0.3 is 11.7 Å². The summed E-state index contributed by atoms with van der Waals surface area (Å²) < 4.78 is 6.46. The van der Waals surface area contributed by atoms with Crippen LogP contribution in [0.4, 0.5) is 0 Å². The van der Waals surface area contributed by atoms with Crippen molar-refractivity contribution < 1.29 is 9.53 Å². The van der Waals surface area contributed by atoms with Crippen LogP contribution in [0.1, 0.15) is 43.9 Å². The number of aromatic nitrogens is 2. The van der Waals surface area contributed by atoms with Gasteiger partial charge in [-0.3, -0.25) is 19.1 Å². The Kier molecular flexibility index (Phi) is 4.76. The Balaban J connectivity index is 2.14. The van der Waals surface area contributed by atoms with Gasteiger partial charge < -0.3 is 4.74 Å². The Morgan fingerprint density at radius 1 is 1.30 bits per heavy atom. The van der Waals surface area contributed by atoms with Gasteiger partial charge in [0.2, 0.25) is 0 Å². The number of rotatable bonds is 5. The molecule has 0 saturated carbocycles. The Bertz CT molecular complexity index is 600. The van der Waals surface area contributed by atoms with Crippen LogP contribution >= 0.6 is 0 Å². The van der Waals surface area contributed by atoms with Gasteiger partial charge in [0, 0.05) is 24.2 Å². The molecule has 110 valence electrons. The third kappa shape index (κ3) is 3.18. The van der Waals surface area contributed by atoms with Crippen LogP contribution in [0.5, 0.6) is 0 Å². The molecule has 0 atom stereocenters. The largest absolute Gasteiger partial charge is 0.466 e. The van der Waals surface area contributed by atoms with E-state index in [9.17, 15) is 14.4 Å². The molecule has 2 rings (SSSR count). The van der Waals surface area contributed by atoms with Crippen LogP contribution in [0.2, 0.25) is 0 Å². The first-order valence-corrected chi connectivity index (χ1v) is 7.14. The smallest absolute Gasteiger partial charge is 0.328 e. The first-order valence-electron chi connectivity index (χ1n) is 7.14. The van der Waals surface area contributed by atoms with Crippen LogP contribution < -0.4 is 11.2 Å². The molecule has 1 heterocycles. The summed E-state index contributed by atoms with van der Waals surface area (Å²) in [5, 5.41) is 0. The number of nitrogens with zero attached hydrogens (tertiary/aromatic N) is 1. The lowest BCUT2D eigenvalue weighted by atomic mass is 9.97. The molecule has 0 spiro atoms. The molecule has 6 nitrogen and oxygen atoms in total. The van der Waals surface area contributed by atoms with Crippen molar-refractivity contribution in [3.8, 4) is 0 Å². The maximum absolute atomic E-state index is 11.9. The number of esters is 1. The van der Waals surface area contributed by atoms with Gasteiger partial charge in [-0.1, -0.05) is 0 Å². The van der Waals surface area contributed by atoms with Crippen LogP contribution in [-0.4, -0.2) is 22.1 Å². The topological polar surface area (TPSA) is 81.2 Å². The minimum atomic E-state index is -0.375. The molecule has 0 fully saturated rings. The highest BCUT2D eigenvalue weighted by molar-refractivity contribution is 5.69. The fourth-order valence-electron chi connectivity index (χ4n) is 2.65. The van der Waals surface area contributed by atoms with E-state index in [1.54, 1.807) is 11.5 Å². The molecule has 1 aromatic heterocycles. The third-order valence-corrected chi connectivity index (χ3v) is 3.57. The number of aromatic amines is 1. The summed E-state index contributed by atoms with van der Waals surface area (Å²) in [5.41, 5.74) is 0.937. The molecule has 1 aromatic rings. The van der Waals surface area contributed by atoms with Crippen LogP contribution in [0.3, 0.4) is 0 Å². The summed E-state index contributed by atoms with van der Waals surface area (Å²) in [4.78, 5) is 37.3. The lowest BCUT2D eigenvalue weighted by molar-refractivity contribution is -0.143. The van der Waals surface area contributed by atoms with Gasteiger partial charge in [0.25, 0.3) is 5.56 Å². The van der Waals surface area contributed by atoms with Crippen molar-refractivity contribution >= 4 is 5.97 Å². The van der Waals surface area contributed by atoms with Gasteiger partial charge in [0.15, 0.2) is 0 Å². The molecule has 1 aliphatic carbocycles. The molecule has 0 bridgehead atoms. The quantitative estimate of drug-likeness (QED) is 0.807. The van der Waals surface area contributed by atoms with Crippen molar-refractivity contribution in [2.75, 3.05) is 6.61 Å². The number of nitrogens with one attached hydrogen (secondary N) is 1. The number of carbonyl (C=O) groups excluding carboxylic acids is 1. The molecular weight excluding hydrogens is 260 g/mol. The standard InChI is InChI=1S/C14H20N2O4/c1-2-20-12(17)8-5-9-16-11-7-4-3-6-10(11)13(18)15-14(16)19/h2-9H2,1H3,(H,15,18,19). The summed E-state index contributed by atoms with van der Waals surface area (Å²) in [6.07, 6.45) is 4.28. The molecule has 0 unspecified atom stereocenters. The van der Waals surface area contributed by atoms with Crippen molar-refractivity contribution in [1.29, 1.82) is 0 Å². The van der Waals surface area contributed by atoms with Crippen molar-refractivity contribution in [2.45, 2.75) is 52.0 Å². The van der Waals surface area contributed by atoms with Crippen molar-refractivity contribution in [3.05, 3.63) is 32.1 Å². The van der Waals surface area contributed by atoms with E-state index >= 15 is 0 Å². The van der Waals surface area contributed by atoms with Crippen molar-refractivity contribution in [1.82, 2.24) is 9.55 Å². The van der Waals surface area contributed by atoms with Gasteiger partial charge in [-0.2, -0.15) is 0 Å². The number of ether oxygens (including phenoxy) is 1. The maximum Gasteiger partial charge on any atom is 0.328 e. The average Bonchev–Trinajstić information content (AvgIpc) is 2.43. The van der Waals surface area contributed by atoms with Gasteiger partial charge in [0.1, 0.15) is 0 Å². The van der Waals surface area contributed by atoms with E-state index in [4.69, 9.17) is 4.74 Å². The normalized spacial score (nSPS) is 13.8. The zero-order chi connectivity index (χ0) is 14.5. The second kappa shape index (κ2) is 6.54. The van der Waals surface area contributed by atoms with Crippen LogP contribution in [-0.2, 0) is 28.9 Å². The minimum Gasteiger partial charge on any atom is -0.466 e. The Morgan fingerprint density at radius 3 is 2.80 bits per heavy atom. The molecule has 0 aromatic carbocycles. The number of hydrogen-bond donors (Lipinski definition) is 1. The molecule has 20 heavy (non-hydrogen) atoms. The molecular formula is C14H20N2O4. The second-order valence-electron chi connectivity index (χ2n) is 4.95. The number of hydrogen-bond acceptors (Lipinski definition) is 4. The van der Waals surface area contributed by atoms with E-state index in [2.05, 4.69) is 4.98 Å². The van der Waals surface area contributed by atoms with E-state index in [0.717, 1.165) is 36.9 Å². The molecule has 6 heteroatoms. The Hall–Kier alpha value is -1.85. The number of H-pyrrole nitrogens is 1. The van der Waals surface area contributed by atoms with Crippen LogP contribution in [0, 0.1) is 0 Å². The fourth-order valence-corrected chi connectivity index (χ4v) is 2.65.